The van der Waals surface area contributed by atoms with Crippen LogP contribution in [0.3, 0.4) is 0 Å². The molecule has 3 aliphatic rings. The van der Waals surface area contributed by atoms with Gasteiger partial charge in [0.15, 0.2) is 0 Å². The van der Waals surface area contributed by atoms with Crippen LogP contribution in [0.5, 0.6) is 0 Å². The van der Waals surface area contributed by atoms with E-state index in [0.717, 1.165) is 0 Å². The molecule has 0 nitrogen and oxygen atoms in total. The Hall–Kier alpha value is -5.08. The molecule has 11 rings (SSSR count). The van der Waals surface area contributed by atoms with Crippen LogP contribution < -0.4 is 13.6 Å². The molecular formula is C62H55Cl2SiZr. The average molecular weight is 990 g/mol. The Morgan fingerprint density at radius 3 is 1.33 bits per heavy atom. The first-order valence-corrected chi connectivity index (χ1v) is 35.5. The van der Waals surface area contributed by atoms with Crippen LogP contribution in [-0.4, -0.2) is 9.52 Å². The maximum absolute atomic E-state index is 9.39. The average Bonchev–Trinajstić information content (AvgIpc) is 4.01. The summed E-state index contributed by atoms with van der Waals surface area (Å²) in [4.78, 5) is 0. The van der Waals surface area contributed by atoms with Gasteiger partial charge in [0.25, 0.3) is 0 Å². The van der Waals surface area contributed by atoms with Crippen LogP contribution in [-0.2, 0) is 16.4 Å². The van der Waals surface area contributed by atoms with E-state index in [9.17, 15) is 17.0 Å². The van der Waals surface area contributed by atoms with Crippen molar-refractivity contribution in [1.29, 1.82) is 0 Å². The van der Waals surface area contributed by atoms with E-state index in [4.69, 9.17) is 0 Å². The standard InChI is InChI=1S/2C25H23.C12H9Si.2ClH.Zr/c2*1-17(2)21-11-7-8-12-23(21)25-22(19-9-5-4-6-10-19)14-13-20-15-18(3)16-24(20)25;1-3-7-11-9(5-1)10-6-2-4-8-12(10)13-11;;;/h2*4-17H,1-3H3;1-7H,13H2;2*1H;/q;;;;;+2/p-2. The van der Waals surface area contributed by atoms with Crippen molar-refractivity contribution in [2.75, 3.05) is 0 Å². The van der Waals surface area contributed by atoms with Crippen molar-refractivity contribution in [2.45, 2.75) is 60.6 Å². The van der Waals surface area contributed by atoms with Gasteiger partial charge in [0.1, 0.15) is 0 Å². The molecule has 1 heterocycles. The fourth-order valence-electron chi connectivity index (χ4n) is 12.4. The molecule has 4 heteroatoms. The molecule has 0 N–H and O–H groups in total. The molecule has 0 saturated carbocycles. The summed E-state index contributed by atoms with van der Waals surface area (Å²) >= 11 is -5.73. The van der Waals surface area contributed by atoms with Gasteiger partial charge in [0.2, 0.25) is 0 Å². The number of hydrogen-bond acceptors (Lipinski definition) is 0. The Morgan fingerprint density at radius 2 is 0.848 bits per heavy atom. The quantitative estimate of drug-likeness (QED) is 0.126. The van der Waals surface area contributed by atoms with Gasteiger partial charge in [-0.25, -0.2) is 0 Å². The van der Waals surface area contributed by atoms with Crippen molar-refractivity contribution in [3.8, 4) is 55.6 Å². The fraction of sp³-hybridized carbons (Fsp3) is 0.161. The zero-order valence-corrected chi connectivity index (χ0v) is 44.1. The van der Waals surface area contributed by atoms with E-state index in [1.807, 2.05) is 0 Å². The second-order valence-corrected chi connectivity index (χ2v) is 42.1. The minimum absolute atomic E-state index is 0.178. The SMILES string of the molecule is CC1=Cc2c(ccc(-c3ccccc3)c2-c2ccccc2C(C)C)[CH]1[Zr]([Cl])([Cl])([c]1cccc2c1[SiH2]c1ccccc1-2)[CH]1C(C)=Cc2c1ccc(-c1ccccc1)c2-c1ccccc1C(C)C. The van der Waals surface area contributed by atoms with Crippen molar-refractivity contribution < 1.29 is 16.4 Å². The number of fused-ring (bicyclic) bond motifs is 5. The van der Waals surface area contributed by atoms with Crippen molar-refractivity contribution >= 4 is 52.3 Å². The van der Waals surface area contributed by atoms with Gasteiger partial charge >= 0.3 is 405 Å². The summed E-state index contributed by atoms with van der Waals surface area (Å²) in [5, 5.41) is 2.92. The van der Waals surface area contributed by atoms with Gasteiger partial charge in [0, 0.05) is 0 Å². The molecule has 2 unspecified atom stereocenters. The van der Waals surface area contributed by atoms with Crippen LogP contribution in [0.1, 0.15) is 94.0 Å². The van der Waals surface area contributed by atoms with Gasteiger partial charge in [-0.2, -0.15) is 0 Å². The van der Waals surface area contributed by atoms with Gasteiger partial charge in [-0.15, -0.1) is 0 Å². The van der Waals surface area contributed by atoms with Gasteiger partial charge in [-0.1, -0.05) is 0 Å². The van der Waals surface area contributed by atoms with E-state index in [1.165, 1.54) is 114 Å². The molecule has 0 aromatic heterocycles. The molecule has 0 bridgehead atoms. The van der Waals surface area contributed by atoms with E-state index in [0.29, 0.717) is 11.8 Å². The monoisotopic (exact) mass is 987 g/mol. The summed E-state index contributed by atoms with van der Waals surface area (Å²) in [5.41, 5.74) is 22.9. The molecule has 0 spiro atoms. The molecule has 2 aliphatic carbocycles. The topological polar surface area (TPSA) is 0 Å². The Labute approximate surface area is 402 Å². The van der Waals surface area contributed by atoms with Crippen LogP contribution in [0.4, 0.5) is 0 Å². The maximum atomic E-state index is 9.39. The Morgan fingerprint density at radius 1 is 0.424 bits per heavy atom. The molecule has 0 amide bonds. The van der Waals surface area contributed by atoms with Crippen molar-refractivity contribution in [1.82, 2.24) is 0 Å². The summed E-state index contributed by atoms with van der Waals surface area (Å²) in [5.74, 6) is 0.677. The minimum atomic E-state index is -5.73. The summed E-state index contributed by atoms with van der Waals surface area (Å²) in [6.07, 6.45) is 4.95. The van der Waals surface area contributed by atoms with Gasteiger partial charge in [-0.05, 0) is 0 Å². The Kier molecular flexibility index (Phi) is 10.9. The van der Waals surface area contributed by atoms with Crippen LogP contribution in [0.25, 0.3) is 67.8 Å². The zero-order chi connectivity index (χ0) is 45.5. The first-order chi connectivity index (χ1) is 31.9. The summed E-state index contributed by atoms with van der Waals surface area (Å²) in [6.45, 7) is 13.9. The molecule has 8 aromatic rings. The predicted molar refractivity (Wildman–Crippen MR) is 287 cm³/mol. The summed E-state index contributed by atoms with van der Waals surface area (Å²) in [7, 11) is 17.9. The first-order valence-electron chi connectivity index (χ1n) is 23.7. The zero-order valence-electron chi connectivity index (χ0n) is 38.7. The number of rotatable bonds is 9. The van der Waals surface area contributed by atoms with Crippen molar-refractivity contribution in [3.63, 3.8) is 0 Å². The fourth-order valence-corrected chi connectivity index (χ4v) is 41.2. The second kappa shape index (κ2) is 16.6. The van der Waals surface area contributed by atoms with E-state index < -0.39 is 25.9 Å². The van der Waals surface area contributed by atoms with Crippen LogP contribution in [0.15, 0.2) is 187 Å². The number of allylic oxidation sites excluding steroid dienone is 2. The normalized spacial score (nSPS) is 17.0. The third-order valence-electron chi connectivity index (χ3n) is 15.1. The second-order valence-electron chi connectivity index (χ2n) is 19.7. The van der Waals surface area contributed by atoms with Gasteiger partial charge in [0.05, 0.1) is 0 Å². The third kappa shape index (κ3) is 6.69. The molecule has 1 aliphatic heterocycles. The van der Waals surface area contributed by atoms with E-state index in [1.54, 1.807) is 0 Å². The molecule has 2 atom stereocenters. The molecule has 66 heavy (non-hydrogen) atoms. The van der Waals surface area contributed by atoms with Gasteiger partial charge in [-0.3, -0.25) is 0 Å². The summed E-state index contributed by atoms with van der Waals surface area (Å²) < 4.78 is 0.899. The number of hydrogen-bond donors (Lipinski definition) is 0. The number of benzene rings is 8. The Bertz CT molecular complexity index is 3130. The number of halogens is 2. The molecule has 0 saturated heterocycles. The van der Waals surface area contributed by atoms with Gasteiger partial charge < -0.3 is 0 Å². The summed E-state index contributed by atoms with van der Waals surface area (Å²) in [6, 6.07) is 65.4. The Balaban J connectivity index is 1.23. The van der Waals surface area contributed by atoms with E-state index in [2.05, 4.69) is 230 Å². The van der Waals surface area contributed by atoms with Crippen molar-refractivity contribution in [2.24, 2.45) is 0 Å². The van der Waals surface area contributed by atoms with Crippen LogP contribution in [0, 0.1) is 0 Å². The van der Waals surface area contributed by atoms with Crippen LogP contribution >= 0.6 is 17.0 Å². The molecule has 0 radical (unpaired) electrons. The molecule has 0 fully saturated rings. The van der Waals surface area contributed by atoms with Crippen molar-refractivity contribution in [3.05, 3.63) is 220 Å². The predicted octanol–water partition coefficient (Wildman–Crippen LogP) is 15.6. The first kappa shape index (κ1) is 43.5. The van der Waals surface area contributed by atoms with Crippen LogP contribution in [0.2, 0.25) is 0 Å². The van der Waals surface area contributed by atoms with E-state index >= 15 is 0 Å². The molecular weight excluding hydrogens is 935 g/mol. The third-order valence-corrected chi connectivity index (χ3v) is 38.3. The van der Waals surface area contributed by atoms with E-state index in [-0.39, 0.29) is 7.25 Å². The molecule has 325 valence electrons. The molecule has 8 aromatic carbocycles.